The van der Waals surface area contributed by atoms with Gasteiger partial charge in [-0.1, -0.05) is 29.8 Å². The number of nitrogens with one attached hydrogen (secondary N) is 1. The van der Waals surface area contributed by atoms with Crippen LogP contribution in [0.2, 0.25) is 5.02 Å². The van der Waals surface area contributed by atoms with E-state index < -0.39 is 0 Å². The number of aromatic nitrogens is 1. The lowest BCUT2D eigenvalue weighted by Crippen LogP contribution is -2.41. The van der Waals surface area contributed by atoms with Gasteiger partial charge in [-0.05, 0) is 11.6 Å². The number of amides is 1. The summed E-state index contributed by atoms with van der Waals surface area (Å²) >= 11 is 6.37. The molecule has 1 saturated heterocycles. The monoisotopic (exact) mass is 436 g/mol. The minimum absolute atomic E-state index is 0.270. The fraction of sp³-hybridized carbons (Fsp3) is 0.524. The second-order valence-corrected chi connectivity index (χ2v) is 7.54. The zero-order valence-corrected chi connectivity index (χ0v) is 18.1. The molecule has 1 aliphatic heterocycles. The van der Waals surface area contributed by atoms with Gasteiger partial charge >= 0.3 is 0 Å². The van der Waals surface area contributed by atoms with Crippen LogP contribution in [-0.4, -0.2) is 80.3 Å². The number of hydrogen-bond acceptors (Lipinski definition) is 7. The highest BCUT2D eigenvalue weighted by molar-refractivity contribution is 6.31. The van der Waals surface area contributed by atoms with Crippen LogP contribution in [0.15, 0.2) is 34.9 Å². The number of methoxy groups -OCH3 is 1. The Labute approximate surface area is 182 Å². The Morgan fingerprint density at radius 2 is 2.10 bits per heavy atom. The Hall–Kier alpha value is -1.97. The van der Waals surface area contributed by atoms with Crippen molar-refractivity contribution in [3.05, 3.63) is 52.7 Å². The maximum Gasteiger partial charge on any atom is 0.273 e. The van der Waals surface area contributed by atoms with Gasteiger partial charge in [-0.3, -0.25) is 14.6 Å². The molecule has 9 heteroatoms. The van der Waals surface area contributed by atoms with Gasteiger partial charge in [0.2, 0.25) is 5.89 Å². The molecule has 0 bridgehead atoms. The number of hydrogen-bond donors (Lipinski definition) is 1. The van der Waals surface area contributed by atoms with E-state index in [2.05, 4.69) is 20.1 Å². The summed E-state index contributed by atoms with van der Waals surface area (Å²) in [4.78, 5) is 21.1. The number of oxazole rings is 1. The van der Waals surface area contributed by atoms with E-state index in [1.54, 1.807) is 7.11 Å². The molecular weight excluding hydrogens is 408 g/mol. The Morgan fingerprint density at radius 1 is 1.30 bits per heavy atom. The quantitative estimate of drug-likeness (QED) is 0.540. The molecule has 8 nitrogen and oxygen atoms in total. The highest BCUT2D eigenvalue weighted by Gasteiger charge is 2.18. The number of rotatable bonds is 11. The minimum atomic E-state index is -0.270. The summed E-state index contributed by atoms with van der Waals surface area (Å²) < 4.78 is 15.9. The van der Waals surface area contributed by atoms with Gasteiger partial charge in [0.15, 0.2) is 5.69 Å². The Balaban J connectivity index is 1.62. The highest BCUT2D eigenvalue weighted by atomic mass is 35.5. The van der Waals surface area contributed by atoms with E-state index >= 15 is 0 Å². The van der Waals surface area contributed by atoms with Crippen LogP contribution in [0.4, 0.5) is 0 Å². The molecule has 1 amide bonds. The lowest BCUT2D eigenvalue weighted by molar-refractivity contribution is 0.0320. The van der Waals surface area contributed by atoms with Gasteiger partial charge in [0.25, 0.3) is 5.91 Å². The summed E-state index contributed by atoms with van der Waals surface area (Å²) in [5.74, 6) is 0.231. The predicted octanol–water partition coefficient (Wildman–Crippen LogP) is 2.04. The van der Waals surface area contributed by atoms with Crippen LogP contribution in [0.5, 0.6) is 0 Å². The molecule has 1 aromatic carbocycles. The summed E-state index contributed by atoms with van der Waals surface area (Å²) in [6, 6.07) is 7.82. The third-order valence-corrected chi connectivity index (χ3v) is 5.29. The molecule has 0 saturated carbocycles. The van der Waals surface area contributed by atoms with Crippen molar-refractivity contribution in [3.63, 3.8) is 0 Å². The summed E-state index contributed by atoms with van der Waals surface area (Å²) in [7, 11) is 1.59. The Bertz CT molecular complexity index is 795. The first-order valence-corrected chi connectivity index (χ1v) is 10.5. The summed E-state index contributed by atoms with van der Waals surface area (Å²) in [6.45, 7) is 7.18. The molecule has 1 fully saturated rings. The topological polar surface area (TPSA) is 80.1 Å². The van der Waals surface area contributed by atoms with E-state index in [9.17, 15) is 4.79 Å². The standard InChI is InChI=1S/C21H29ClN4O4/c1-28-11-6-23-21(27)19-16-30-20(24-19)15-26(8-7-25-9-12-29-13-10-25)14-17-4-2-3-5-18(17)22/h2-5,16H,6-15H2,1H3,(H,23,27). The molecule has 3 rings (SSSR count). The molecule has 1 aromatic heterocycles. The van der Waals surface area contributed by atoms with Crippen molar-refractivity contribution in [1.82, 2.24) is 20.1 Å². The molecular formula is C21H29ClN4O4. The molecule has 0 radical (unpaired) electrons. The van der Waals surface area contributed by atoms with E-state index in [1.807, 2.05) is 24.3 Å². The second kappa shape index (κ2) is 12.0. The van der Waals surface area contributed by atoms with E-state index in [1.165, 1.54) is 6.26 Å². The van der Waals surface area contributed by atoms with Crippen molar-refractivity contribution in [2.75, 3.05) is 59.7 Å². The van der Waals surface area contributed by atoms with Gasteiger partial charge in [-0.15, -0.1) is 0 Å². The second-order valence-electron chi connectivity index (χ2n) is 7.13. The molecule has 2 aromatic rings. The zero-order chi connectivity index (χ0) is 21.2. The largest absolute Gasteiger partial charge is 0.447 e. The average Bonchev–Trinajstić information content (AvgIpc) is 3.23. The summed E-state index contributed by atoms with van der Waals surface area (Å²) in [5.41, 5.74) is 1.32. The number of carbonyl (C=O) groups excluding carboxylic acids is 1. The SMILES string of the molecule is COCCNC(=O)c1coc(CN(CCN2CCOCC2)Cc2ccccc2Cl)n1. The number of morpholine rings is 1. The molecule has 1 aliphatic rings. The third-order valence-electron chi connectivity index (χ3n) is 4.92. The van der Waals surface area contributed by atoms with E-state index in [0.717, 1.165) is 50.0 Å². The van der Waals surface area contributed by atoms with Crippen molar-refractivity contribution in [2.24, 2.45) is 0 Å². The zero-order valence-electron chi connectivity index (χ0n) is 17.3. The van der Waals surface area contributed by atoms with Gasteiger partial charge in [0.1, 0.15) is 6.26 Å². The number of halogens is 1. The molecule has 30 heavy (non-hydrogen) atoms. The molecule has 0 atom stereocenters. The Morgan fingerprint density at radius 3 is 2.87 bits per heavy atom. The number of nitrogens with zero attached hydrogens (tertiary/aromatic N) is 3. The first-order valence-electron chi connectivity index (χ1n) is 10.1. The van der Waals surface area contributed by atoms with E-state index in [0.29, 0.717) is 32.1 Å². The lowest BCUT2D eigenvalue weighted by Gasteiger charge is -2.29. The maximum absolute atomic E-state index is 12.1. The third kappa shape index (κ3) is 7.07. The van der Waals surface area contributed by atoms with Gasteiger partial charge in [-0.2, -0.15) is 0 Å². The van der Waals surface area contributed by atoms with Crippen LogP contribution in [0.25, 0.3) is 0 Å². The van der Waals surface area contributed by atoms with Crippen molar-refractivity contribution in [1.29, 1.82) is 0 Å². The summed E-state index contributed by atoms with van der Waals surface area (Å²) in [6.07, 6.45) is 1.40. The fourth-order valence-electron chi connectivity index (χ4n) is 3.23. The summed E-state index contributed by atoms with van der Waals surface area (Å²) in [5, 5.41) is 3.48. The van der Waals surface area contributed by atoms with E-state index in [4.69, 9.17) is 25.5 Å². The molecule has 2 heterocycles. The smallest absolute Gasteiger partial charge is 0.273 e. The average molecular weight is 437 g/mol. The minimum Gasteiger partial charge on any atom is -0.447 e. The molecule has 164 valence electrons. The van der Waals surface area contributed by atoms with Crippen molar-refractivity contribution >= 4 is 17.5 Å². The van der Waals surface area contributed by atoms with Crippen molar-refractivity contribution < 1.29 is 18.7 Å². The van der Waals surface area contributed by atoms with Crippen molar-refractivity contribution in [3.8, 4) is 0 Å². The Kier molecular flexibility index (Phi) is 9.10. The van der Waals surface area contributed by atoms with Gasteiger partial charge in [0, 0.05) is 51.4 Å². The first kappa shape index (κ1) is 22.7. The molecule has 0 unspecified atom stereocenters. The van der Waals surface area contributed by atoms with Crippen LogP contribution in [0.1, 0.15) is 21.9 Å². The van der Waals surface area contributed by atoms with Crippen LogP contribution >= 0.6 is 11.6 Å². The highest BCUT2D eigenvalue weighted by Crippen LogP contribution is 2.18. The lowest BCUT2D eigenvalue weighted by atomic mass is 10.2. The van der Waals surface area contributed by atoms with Crippen LogP contribution in [0, 0.1) is 0 Å². The normalized spacial score (nSPS) is 14.9. The number of benzene rings is 1. The maximum atomic E-state index is 12.1. The first-order chi connectivity index (χ1) is 14.7. The fourth-order valence-corrected chi connectivity index (χ4v) is 3.42. The van der Waals surface area contributed by atoms with Gasteiger partial charge in [-0.25, -0.2) is 4.98 Å². The molecule has 0 aliphatic carbocycles. The van der Waals surface area contributed by atoms with Gasteiger partial charge < -0.3 is 19.2 Å². The predicted molar refractivity (Wildman–Crippen MR) is 114 cm³/mol. The van der Waals surface area contributed by atoms with Crippen LogP contribution in [0.3, 0.4) is 0 Å². The molecule has 1 N–H and O–H groups in total. The van der Waals surface area contributed by atoms with Crippen LogP contribution in [-0.2, 0) is 22.6 Å². The number of carbonyl (C=O) groups is 1. The number of ether oxygens (including phenoxy) is 2. The van der Waals surface area contributed by atoms with Crippen molar-refractivity contribution in [2.45, 2.75) is 13.1 Å². The van der Waals surface area contributed by atoms with Crippen LogP contribution < -0.4 is 5.32 Å². The molecule has 0 spiro atoms. The van der Waals surface area contributed by atoms with E-state index in [-0.39, 0.29) is 11.6 Å². The van der Waals surface area contributed by atoms with Gasteiger partial charge in [0.05, 0.1) is 26.4 Å².